The summed E-state index contributed by atoms with van der Waals surface area (Å²) in [4.78, 5) is 13.9. The first-order valence-corrected chi connectivity index (χ1v) is 30.4. The van der Waals surface area contributed by atoms with Crippen LogP contribution in [0.1, 0.15) is 153 Å². The number of fused-ring (bicyclic) bond motifs is 1. The van der Waals surface area contributed by atoms with Gasteiger partial charge in [0.05, 0.1) is 23.7 Å². The molecule has 4 aliphatic carbocycles. The van der Waals surface area contributed by atoms with E-state index in [2.05, 4.69) is 115 Å². The highest BCUT2D eigenvalue weighted by Gasteiger charge is 2.53. The number of esters is 1. The van der Waals surface area contributed by atoms with Crippen LogP contribution in [0.2, 0.25) is 54.4 Å². The minimum atomic E-state index is -1.92. The van der Waals surface area contributed by atoms with Gasteiger partial charge in [-0.2, -0.15) is 0 Å². The van der Waals surface area contributed by atoms with Crippen molar-refractivity contribution in [1.82, 2.24) is 0 Å². The van der Waals surface area contributed by atoms with E-state index in [1.54, 1.807) is 5.57 Å². The van der Waals surface area contributed by atoms with Gasteiger partial charge in [-0.25, -0.2) is 0 Å². The number of allylic oxidation sites excluding steroid dienone is 3. The van der Waals surface area contributed by atoms with E-state index < -0.39 is 25.0 Å². The maximum atomic E-state index is 13.9. The minimum absolute atomic E-state index is 0.00415. The maximum absolute atomic E-state index is 13.9. The number of ether oxygens (including phenoxy) is 1. The third kappa shape index (κ3) is 10.3. The summed E-state index contributed by atoms with van der Waals surface area (Å²) in [7, 11) is -5.64. The Morgan fingerprint density at radius 2 is 1.34 bits per heavy atom. The van der Waals surface area contributed by atoms with Crippen LogP contribution in [-0.4, -0.2) is 55.3 Å². The van der Waals surface area contributed by atoms with Crippen LogP contribution in [0.5, 0.6) is 0 Å². The predicted octanol–water partition coefficient (Wildman–Crippen LogP) is 13.5. The summed E-state index contributed by atoms with van der Waals surface area (Å²) < 4.78 is 27.6. The Balaban J connectivity index is 1.50. The quantitative estimate of drug-likeness (QED) is 0.130. The van der Waals surface area contributed by atoms with Crippen LogP contribution in [0.3, 0.4) is 0 Å². The summed E-state index contributed by atoms with van der Waals surface area (Å²) in [6.45, 7) is 35.7. The summed E-state index contributed by atoms with van der Waals surface area (Å²) >= 11 is 0. The molecule has 8 heteroatoms. The zero-order valence-corrected chi connectivity index (χ0v) is 40.4. The lowest BCUT2D eigenvalue weighted by atomic mass is 9.61. The van der Waals surface area contributed by atoms with E-state index in [1.807, 2.05) is 0 Å². The van der Waals surface area contributed by atoms with E-state index in [9.17, 15) is 4.79 Å². The molecule has 0 aromatic rings. The SMILES string of the molecule is CC[Si](CC)(CC)OC1(COC(=O)[C@@H](C)[C@H]2CC[C@H]3/C(=C/C=C4C[C@@H](O[Si](C)(C)C(C)(C)C)C[C@H](O[Si](C)(C)C(C)(C)C)C4)CCC[C@]23C)CCCC1. The van der Waals surface area contributed by atoms with Crippen LogP contribution in [0.25, 0.3) is 0 Å². The van der Waals surface area contributed by atoms with E-state index in [0.717, 1.165) is 56.7 Å². The molecule has 0 spiro atoms. The van der Waals surface area contributed by atoms with Gasteiger partial charge >= 0.3 is 5.97 Å². The van der Waals surface area contributed by atoms with E-state index in [0.29, 0.717) is 18.4 Å². The highest BCUT2D eigenvalue weighted by atomic mass is 28.4. The molecular formula is C45H84O5Si3. The minimum Gasteiger partial charge on any atom is -0.462 e. The first-order chi connectivity index (χ1) is 24.5. The zero-order valence-electron chi connectivity index (χ0n) is 37.4. The van der Waals surface area contributed by atoms with Crippen molar-refractivity contribution in [3.05, 3.63) is 23.3 Å². The van der Waals surface area contributed by atoms with Crippen molar-refractivity contribution in [2.45, 2.75) is 225 Å². The van der Waals surface area contributed by atoms with Gasteiger partial charge in [-0.1, -0.05) is 112 Å². The predicted molar refractivity (Wildman–Crippen MR) is 232 cm³/mol. The Bertz CT molecular complexity index is 1250. The molecule has 4 aliphatic rings. The highest BCUT2D eigenvalue weighted by molar-refractivity contribution is 6.74. The van der Waals surface area contributed by atoms with Gasteiger partial charge in [0.15, 0.2) is 25.0 Å². The fourth-order valence-corrected chi connectivity index (χ4v) is 16.0. The Labute approximate surface area is 331 Å². The van der Waals surface area contributed by atoms with E-state index in [-0.39, 0.29) is 45.2 Å². The van der Waals surface area contributed by atoms with Gasteiger partial charge in [-0.3, -0.25) is 4.79 Å². The van der Waals surface area contributed by atoms with Gasteiger partial charge in [0, 0.05) is 0 Å². The van der Waals surface area contributed by atoms with Gasteiger partial charge in [0.1, 0.15) is 6.61 Å². The Morgan fingerprint density at radius 1 is 0.811 bits per heavy atom. The van der Waals surface area contributed by atoms with Crippen LogP contribution < -0.4 is 0 Å². The molecule has 0 N–H and O–H groups in total. The van der Waals surface area contributed by atoms with Crippen LogP contribution in [0.4, 0.5) is 0 Å². The van der Waals surface area contributed by atoms with Crippen molar-refractivity contribution < 1.29 is 22.8 Å². The molecule has 0 radical (unpaired) electrons. The molecule has 306 valence electrons. The molecule has 0 heterocycles. The van der Waals surface area contributed by atoms with Gasteiger partial charge in [0.25, 0.3) is 0 Å². The summed E-state index contributed by atoms with van der Waals surface area (Å²) in [5.41, 5.74) is 2.95. The second kappa shape index (κ2) is 17.1. The summed E-state index contributed by atoms with van der Waals surface area (Å²) in [6.07, 6.45) is 18.7. The molecule has 0 aromatic carbocycles. The number of carbonyl (C=O) groups is 1. The molecule has 53 heavy (non-hydrogen) atoms. The fraction of sp³-hybridized carbons (Fsp3) is 0.889. The standard InChI is InChI=1S/C45H84O5Si3/c1-16-53(17-2,18-3)50-45(28-19-20-29-45)33-47-41(46)34(4)39-25-26-40-36(22-21-27-44(39,40)11)24-23-35-30-37(48-51(12,13)42(5,6)7)32-38(31-35)49-52(14,15)43(8,9)10/h23-24,34,37-40H,16-22,25-33H2,1-15H3/b36-24+/t34-,37+,38+,39+,40-,44+/m0/s1. The largest absolute Gasteiger partial charge is 0.462 e. The highest BCUT2D eigenvalue weighted by Crippen LogP contribution is 2.59. The average Bonchev–Trinajstić information content (AvgIpc) is 3.67. The Kier molecular flexibility index (Phi) is 14.6. The van der Waals surface area contributed by atoms with E-state index in [4.69, 9.17) is 18.0 Å². The topological polar surface area (TPSA) is 54.0 Å². The van der Waals surface area contributed by atoms with Crippen molar-refractivity contribution in [1.29, 1.82) is 0 Å². The smallest absolute Gasteiger partial charge is 0.309 e. The summed E-state index contributed by atoms with van der Waals surface area (Å²) in [6, 6.07) is 3.41. The molecule has 0 amide bonds. The van der Waals surface area contributed by atoms with Gasteiger partial charge < -0.3 is 18.0 Å². The van der Waals surface area contributed by atoms with Crippen molar-refractivity contribution in [2.24, 2.45) is 23.2 Å². The number of hydrogen-bond acceptors (Lipinski definition) is 5. The number of hydrogen-bond donors (Lipinski definition) is 0. The van der Waals surface area contributed by atoms with Crippen molar-refractivity contribution >= 4 is 30.9 Å². The van der Waals surface area contributed by atoms with Crippen LogP contribution in [-0.2, 0) is 22.8 Å². The second-order valence-corrected chi connectivity index (χ2v) is 35.6. The van der Waals surface area contributed by atoms with Crippen LogP contribution >= 0.6 is 0 Å². The number of rotatable bonds is 14. The second-order valence-electron chi connectivity index (χ2n) is 21.4. The van der Waals surface area contributed by atoms with Gasteiger partial charge in [-0.05, 0) is 136 Å². The van der Waals surface area contributed by atoms with Gasteiger partial charge in [-0.15, -0.1) is 0 Å². The molecule has 5 nitrogen and oxygen atoms in total. The molecular weight excluding hydrogens is 705 g/mol. The first-order valence-electron chi connectivity index (χ1n) is 22.1. The number of carbonyl (C=O) groups excluding carboxylic acids is 1. The van der Waals surface area contributed by atoms with Crippen molar-refractivity contribution in [3.8, 4) is 0 Å². The lowest BCUT2D eigenvalue weighted by molar-refractivity contribution is -0.158. The molecule has 4 saturated carbocycles. The summed E-state index contributed by atoms with van der Waals surface area (Å²) in [5, 5.41) is 0.360. The van der Waals surface area contributed by atoms with Crippen molar-refractivity contribution in [3.63, 3.8) is 0 Å². The van der Waals surface area contributed by atoms with E-state index >= 15 is 0 Å². The normalized spacial score (nSPS) is 30.0. The van der Waals surface area contributed by atoms with Crippen LogP contribution in [0, 0.1) is 23.2 Å². The molecule has 6 atom stereocenters. The fourth-order valence-electron chi connectivity index (χ4n) is 10.2. The van der Waals surface area contributed by atoms with Crippen LogP contribution in [0.15, 0.2) is 23.3 Å². The van der Waals surface area contributed by atoms with Gasteiger partial charge in [0.2, 0.25) is 0 Å². The third-order valence-corrected chi connectivity index (χ3v) is 29.7. The molecule has 0 unspecified atom stereocenters. The lowest BCUT2D eigenvalue weighted by Gasteiger charge is -2.45. The molecule has 4 rings (SSSR count). The first kappa shape index (κ1) is 45.2. The molecule has 0 bridgehead atoms. The Morgan fingerprint density at radius 3 is 1.83 bits per heavy atom. The van der Waals surface area contributed by atoms with E-state index in [1.165, 1.54) is 44.1 Å². The maximum Gasteiger partial charge on any atom is 0.309 e. The molecule has 0 aromatic heterocycles. The molecule has 0 saturated heterocycles. The molecule has 0 aliphatic heterocycles. The lowest BCUT2D eigenvalue weighted by Crippen LogP contribution is -2.49. The van der Waals surface area contributed by atoms with Crippen molar-refractivity contribution in [2.75, 3.05) is 6.61 Å². The molecule has 4 fully saturated rings. The summed E-state index contributed by atoms with van der Waals surface area (Å²) in [5.74, 6) is 0.799. The monoisotopic (exact) mass is 789 g/mol. The zero-order chi connectivity index (χ0) is 39.7. The Hall–Kier alpha value is -0.519. The average molecular weight is 789 g/mol. The third-order valence-electron chi connectivity index (χ3n) is 15.9.